The van der Waals surface area contributed by atoms with Gasteiger partial charge in [-0.25, -0.2) is 4.79 Å². The Bertz CT molecular complexity index is 431. The molecule has 0 saturated heterocycles. The van der Waals surface area contributed by atoms with E-state index in [4.69, 9.17) is 0 Å². The van der Waals surface area contributed by atoms with Crippen molar-refractivity contribution >= 4 is 11.8 Å². The number of rotatable bonds is 2. The summed E-state index contributed by atoms with van der Waals surface area (Å²) in [6.07, 6.45) is -3.20. The summed E-state index contributed by atoms with van der Waals surface area (Å²) < 4.78 is 36.8. The highest BCUT2D eigenvalue weighted by Gasteiger charge is 2.30. The van der Waals surface area contributed by atoms with Gasteiger partial charge in [-0.15, -0.1) is 0 Å². The first kappa shape index (κ1) is 11.2. The third-order valence-corrected chi connectivity index (χ3v) is 1.70. The number of halogens is 3. The van der Waals surface area contributed by atoms with Crippen LogP contribution in [0.25, 0.3) is 5.70 Å². The Morgan fingerprint density at radius 3 is 2.60 bits per heavy atom. The molecule has 1 aromatic carbocycles. The van der Waals surface area contributed by atoms with Gasteiger partial charge in [0.15, 0.2) is 0 Å². The van der Waals surface area contributed by atoms with E-state index in [1.165, 1.54) is 18.2 Å². The second-order valence-corrected chi connectivity index (χ2v) is 2.73. The van der Waals surface area contributed by atoms with Crippen molar-refractivity contribution in [2.24, 2.45) is 4.99 Å². The summed E-state index contributed by atoms with van der Waals surface area (Å²) in [5.41, 5.74) is -0.702. The standard InChI is InChI=1S/C10H6F3NO/c1-7(14-6-15)8-3-2-4-9(5-8)10(11,12)13/h2-5H,1H2. The Kier molecular flexibility index (Phi) is 3.07. The highest BCUT2D eigenvalue weighted by atomic mass is 19.4. The van der Waals surface area contributed by atoms with Crippen molar-refractivity contribution in [3.8, 4) is 0 Å². The maximum atomic E-state index is 12.3. The van der Waals surface area contributed by atoms with Crippen LogP contribution < -0.4 is 0 Å². The maximum absolute atomic E-state index is 12.3. The molecule has 0 aromatic heterocycles. The van der Waals surface area contributed by atoms with Crippen LogP contribution in [0.3, 0.4) is 0 Å². The molecule has 0 spiro atoms. The van der Waals surface area contributed by atoms with Gasteiger partial charge in [-0.1, -0.05) is 18.7 Å². The molecule has 0 aliphatic carbocycles. The zero-order valence-electron chi connectivity index (χ0n) is 7.51. The first-order valence-corrected chi connectivity index (χ1v) is 3.89. The van der Waals surface area contributed by atoms with E-state index in [1.54, 1.807) is 0 Å². The molecule has 0 unspecified atom stereocenters. The minimum Gasteiger partial charge on any atom is -0.211 e. The second-order valence-electron chi connectivity index (χ2n) is 2.73. The molecule has 78 valence electrons. The summed E-state index contributed by atoms with van der Waals surface area (Å²) >= 11 is 0. The molecule has 0 saturated carbocycles. The summed E-state index contributed by atoms with van der Waals surface area (Å²) in [7, 11) is 0. The van der Waals surface area contributed by atoms with Crippen molar-refractivity contribution in [2.75, 3.05) is 0 Å². The van der Waals surface area contributed by atoms with E-state index in [0.717, 1.165) is 12.1 Å². The lowest BCUT2D eigenvalue weighted by Gasteiger charge is -2.07. The van der Waals surface area contributed by atoms with Crippen molar-refractivity contribution < 1.29 is 18.0 Å². The number of hydrogen-bond donors (Lipinski definition) is 0. The quantitative estimate of drug-likeness (QED) is 0.548. The van der Waals surface area contributed by atoms with Gasteiger partial charge in [0.2, 0.25) is 6.08 Å². The topological polar surface area (TPSA) is 29.4 Å². The molecule has 15 heavy (non-hydrogen) atoms. The molecular weight excluding hydrogens is 207 g/mol. The average Bonchev–Trinajstić information content (AvgIpc) is 2.17. The third kappa shape index (κ3) is 2.79. The normalized spacial score (nSPS) is 10.6. The zero-order chi connectivity index (χ0) is 11.5. The molecule has 2 nitrogen and oxygen atoms in total. The molecule has 0 N–H and O–H groups in total. The van der Waals surface area contributed by atoms with Crippen LogP contribution in [0.1, 0.15) is 11.1 Å². The van der Waals surface area contributed by atoms with E-state index in [0.29, 0.717) is 0 Å². The van der Waals surface area contributed by atoms with Gasteiger partial charge in [-0.2, -0.15) is 18.2 Å². The van der Waals surface area contributed by atoms with Crippen LogP contribution in [-0.2, 0) is 11.0 Å². The lowest BCUT2D eigenvalue weighted by molar-refractivity contribution is -0.137. The molecule has 0 aliphatic heterocycles. The lowest BCUT2D eigenvalue weighted by Crippen LogP contribution is -2.04. The van der Waals surface area contributed by atoms with Gasteiger partial charge >= 0.3 is 6.18 Å². The van der Waals surface area contributed by atoms with Crippen molar-refractivity contribution in [3.05, 3.63) is 42.0 Å². The molecular formula is C10H6F3NO. The number of alkyl halides is 3. The largest absolute Gasteiger partial charge is 0.416 e. The number of aliphatic imine (C=N–C) groups is 1. The minimum absolute atomic E-state index is 0.0453. The molecule has 0 fully saturated rings. The van der Waals surface area contributed by atoms with E-state index in [9.17, 15) is 18.0 Å². The second kappa shape index (κ2) is 4.11. The molecule has 1 rings (SSSR count). The molecule has 0 bridgehead atoms. The Morgan fingerprint density at radius 2 is 2.07 bits per heavy atom. The maximum Gasteiger partial charge on any atom is 0.416 e. The highest BCUT2D eigenvalue weighted by Crippen LogP contribution is 2.30. The first-order chi connectivity index (χ1) is 6.95. The number of nitrogens with zero attached hydrogens (tertiary/aromatic N) is 1. The van der Waals surface area contributed by atoms with Gasteiger partial charge in [0.05, 0.1) is 11.3 Å². The summed E-state index contributed by atoms with van der Waals surface area (Å²) in [5.74, 6) is 0. The molecule has 0 radical (unpaired) electrons. The summed E-state index contributed by atoms with van der Waals surface area (Å²) in [5, 5.41) is 0. The Morgan fingerprint density at radius 1 is 1.40 bits per heavy atom. The van der Waals surface area contributed by atoms with E-state index in [2.05, 4.69) is 11.6 Å². The predicted octanol–water partition coefficient (Wildman–Crippen LogP) is 3.01. The summed E-state index contributed by atoms with van der Waals surface area (Å²) in [6.45, 7) is 3.34. The van der Waals surface area contributed by atoms with Gasteiger partial charge in [0.25, 0.3) is 0 Å². The van der Waals surface area contributed by atoms with Crippen LogP contribution in [0.15, 0.2) is 35.8 Å². The average molecular weight is 213 g/mol. The van der Waals surface area contributed by atoms with Crippen molar-refractivity contribution in [3.63, 3.8) is 0 Å². The van der Waals surface area contributed by atoms with Crippen LogP contribution in [0, 0.1) is 0 Å². The SMILES string of the molecule is C=C(N=C=O)c1cccc(C(F)(F)F)c1. The fourth-order valence-corrected chi connectivity index (χ4v) is 0.995. The monoisotopic (exact) mass is 213 g/mol. The highest BCUT2D eigenvalue weighted by molar-refractivity contribution is 5.67. The molecule has 0 amide bonds. The van der Waals surface area contributed by atoms with Gasteiger partial charge in [-0.3, -0.25) is 0 Å². The number of carbonyl (C=O) groups excluding carboxylic acids is 1. The lowest BCUT2D eigenvalue weighted by atomic mass is 10.1. The zero-order valence-corrected chi connectivity index (χ0v) is 7.51. The molecule has 5 heteroatoms. The first-order valence-electron chi connectivity index (χ1n) is 3.89. The van der Waals surface area contributed by atoms with E-state index in [1.807, 2.05) is 0 Å². The van der Waals surface area contributed by atoms with Crippen LogP contribution >= 0.6 is 0 Å². The predicted molar refractivity (Wildman–Crippen MR) is 48.6 cm³/mol. The fraction of sp³-hybridized carbons (Fsp3) is 0.100. The van der Waals surface area contributed by atoms with E-state index >= 15 is 0 Å². The van der Waals surface area contributed by atoms with E-state index < -0.39 is 11.7 Å². The van der Waals surface area contributed by atoms with Crippen LogP contribution in [0.2, 0.25) is 0 Å². The van der Waals surface area contributed by atoms with Gasteiger partial charge in [-0.05, 0) is 12.1 Å². The van der Waals surface area contributed by atoms with E-state index in [-0.39, 0.29) is 11.3 Å². The van der Waals surface area contributed by atoms with Crippen LogP contribution in [-0.4, -0.2) is 6.08 Å². The van der Waals surface area contributed by atoms with Gasteiger partial charge < -0.3 is 0 Å². The minimum atomic E-state index is -4.42. The molecule has 0 atom stereocenters. The number of benzene rings is 1. The van der Waals surface area contributed by atoms with Crippen molar-refractivity contribution in [2.45, 2.75) is 6.18 Å². The van der Waals surface area contributed by atoms with Gasteiger partial charge in [0, 0.05) is 5.56 Å². The van der Waals surface area contributed by atoms with Crippen molar-refractivity contribution in [1.29, 1.82) is 0 Å². The fourth-order valence-electron chi connectivity index (χ4n) is 0.995. The van der Waals surface area contributed by atoms with Crippen molar-refractivity contribution in [1.82, 2.24) is 0 Å². The smallest absolute Gasteiger partial charge is 0.211 e. The Hall–Kier alpha value is -1.87. The van der Waals surface area contributed by atoms with Crippen LogP contribution in [0.4, 0.5) is 13.2 Å². The Labute approximate surface area is 83.8 Å². The Balaban J connectivity index is 3.13. The summed E-state index contributed by atoms with van der Waals surface area (Å²) in [6, 6.07) is 4.42. The number of hydrogen-bond acceptors (Lipinski definition) is 2. The van der Waals surface area contributed by atoms with Gasteiger partial charge in [0.1, 0.15) is 0 Å². The third-order valence-electron chi connectivity index (χ3n) is 1.70. The van der Waals surface area contributed by atoms with Crippen LogP contribution in [0.5, 0.6) is 0 Å². The molecule has 0 heterocycles. The summed E-state index contributed by atoms with van der Waals surface area (Å²) in [4.78, 5) is 13.0. The molecule has 1 aromatic rings. The number of isocyanates is 1. The molecule has 0 aliphatic rings.